The minimum atomic E-state index is -2.96. The lowest BCUT2D eigenvalue weighted by Gasteiger charge is -2.36. The molecule has 2 rings (SSSR count). The Morgan fingerprint density at radius 3 is 2.58 bits per heavy atom. The first kappa shape index (κ1) is 18.6. The molecule has 1 saturated heterocycles. The summed E-state index contributed by atoms with van der Waals surface area (Å²) in [6.45, 7) is 4.69. The van der Waals surface area contributed by atoms with Crippen LogP contribution in [0.25, 0.3) is 0 Å². The van der Waals surface area contributed by atoms with Gasteiger partial charge in [-0.15, -0.1) is 0 Å². The van der Waals surface area contributed by atoms with Gasteiger partial charge in [-0.3, -0.25) is 9.69 Å². The number of nitrogens with zero attached hydrogens (tertiary/aromatic N) is 1. The van der Waals surface area contributed by atoms with E-state index in [0.717, 1.165) is 13.1 Å². The minimum Gasteiger partial charge on any atom is -0.434 e. The Labute approximate surface area is 140 Å². The molecule has 7 heteroatoms. The zero-order valence-electron chi connectivity index (χ0n) is 14.0. The minimum absolute atomic E-state index is 0.113. The largest absolute Gasteiger partial charge is 0.434 e. The fraction of sp³-hybridized carbons (Fsp3) is 0.588. The zero-order valence-corrected chi connectivity index (χ0v) is 14.0. The maximum absolute atomic E-state index is 12.5. The Balaban J connectivity index is 2.00. The number of alkyl halides is 2. The number of morpholine rings is 1. The van der Waals surface area contributed by atoms with Gasteiger partial charge in [-0.1, -0.05) is 26.0 Å². The maximum Gasteiger partial charge on any atom is 0.387 e. The maximum atomic E-state index is 12.5. The van der Waals surface area contributed by atoms with E-state index in [2.05, 4.69) is 28.8 Å². The first-order valence-corrected chi connectivity index (χ1v) is 8.13. The van der Waals surface area contributed by atoms with Crippen LogP contribution in [0.15, 0.2) is 24.3 Å². The number of amides is 1. The molecule has 1 N–H and O–H groups in total. The smallest absolute Gasteiger partial charge is 0.387 e. The summed E-state index contributed by atoms with van der Waals surface area (Å²) < 4.78 is 34.7. The highest BCUT2D eigenvalue weighted by molar-refractivity contribution is 5.96. The number of para-hydroxylation sites is 1. The van der Waals surface area contributed by atoms with E-state index in [4.69, 9.17) is 4.74 Å². The lowest BCUT2D eigenvalue weighted by atomic mass is 10.0. The fourth-order valence-corrected chi connectivity index (χ4v) is 2.84. The molecule has 1 unspecified atom stereocenters. The normalized spacial score (nSPS) is 17.1. The molecule has 1 aromatic carbocycles. The van der Waals surface area contributed by atoms with E-state index in [1.807, 2.05) is 0 Å². The van der Waals surface area contributed by atoms with Crippen molar-refractivity contribution in [3.05, 3.63) is 29.8 Å². The van der Waals surface area contributed by atoms with Crippen molar-refractivity contribution in [2.75, 3.05) is 32.8 Å². The zero-order chi connectivity index (χ0) is 17.5. The first-order chi connectivity index (χ1) is 11.5. The number of hydrogen-bond donors (Lipinski definition) is 1. The van der Waals surface area contributed by atoms with E-state index in [1.165, 1.54) is 12.1 Å². The molecule has 134 valence electrons. The van der Waals surface area contributed by atoms with Gasteiger partial charge in [0, 0.05) is 25.7 Å². The second kappa shape index (κ2) is 8.94. The van der Waals surface area contributed by atoms with Crippen molar-refractivity contribution in [3.63, 3.8) is 0 Å². The van der Waals surface area contributed by atoms with Crippen molar-refractivity contribution in [3.8, 4) is 5.75 Å². The quantitative estimate of drug-likeness (QED) is 0.827. The molecule has 24 heavy (non-hydrogen) atoms. The molecule has 1 heterocycles. The second-order valence-electron chi connectivity index (χ2n) is 6.04. The van der Waals surface area contributed by atoms with Gasteiger partial charge < -0.3 is 14.8 Å². The van der Waals surface area contributed by atoms with Crippen LogP contribution in [0, 0.1) is 5.92 Å². The number of rotatable bonds is 7. The molecule has 0 aromatic heterocycles. The molecule has 0 spiro atoms. The van der Waals surface area contributed by atoms with E-state index in [0.29, 0.717) is 25.7 Å². The Kier molecular flexibility index (Phi) is 6.93. The fourth-order valence-electron chi connectivity index (χ4n) is 2.84. The van der Waals surface area contributed by atoms with Gasteiger partial charge in [0.05, 0.1) is 18.8 Å². The van der Waals surface area contributed by atoms with Crippen LogP contribution in [0.5, 0.6) is 5.75 Å². The molecule has 0 radical (unpaired) electrons. The van der Waals surface area contributed by atoms with Gasteiger partial charge in [-0.2, -0.15) is 8.78 Å². The number of halogens is 2. The second-order valence-corrected chi connectivity index (χ2v) is 6.04. The summed E-state index contributed by atoms with van der Waals surface area (Å²) in [5.41, 5.74) is 0.113. The van der Waals surface area contributed by atoms with Crippen LogP contribution in [0.3, 0.4) is 0 Å². The van der Waals surface area contributed by atoms with E-state index < -0.39 is 12.5 Å². The molecule has 0 saturated carbocycles. The Morgan fingerprint density at radius 1 is 1.29 bits per heavy atom. The van der Waals surface area contributed by atoms with Crippen LogP contribution >= 0.6 is 0 Å². The highest BCUT2D eigenvalue weighted by atomic mass is 19.3. The molecular formula is C17H24F2N2O3. The lowest BCUT2D eigenvalue weighted by Crippen LogP contribution is -2.51. The van der Waals surface area contributed by atoms with Crippen molar-refractivity contribution >= 4 is 5.91 Å². The third-order valence-corrected chi connectivity index (χ3v) is 4.10. The van der Waals surface area contributed by atoms with Crippen LogP contribution in [0.2, 0.25) is 0 Å². The van der Waals surface area contributed by atoms with Crippen molar-refractivity contribution < 1.29 is 23.0 Å². The molecule has 1 amide bonds. The predicted octanol–water partition coefficient (Wildman–Crippen LogP) is 2.37. The van der Waals surface area contributed by atoms with Crippen molar-refractivity contribution in [1.82, 2.24) is 10.2 Å². The third kappa shape index (κ3) is 5.14. The Morgan fingerprint density at radius 2 is 1.96 bits per heavy atom. The number of hydrogen-bond acceptors (Lipinski definition) is 4. The molecule has 1 aliphatic rings. The Hall–Kier alpha value is -1.73. The number of nitrogens with one attached hydrogen (secondary N) is 1. The average Bonchev–Trinajstić information content (AvgIpc) is 2.55. The molecule has 1 aromatic rings. The average molecular weight is 342 g/mol. The van der Waals surface area contributed by atoms with Crippen LogP contribution in [0.1, 0.15) is 24.2 Å². The molecule has 0 aliphatic carbocycles. The van der Waals surface area contributed by atoms with Gasteiger partial charge >= 0.3 is 6.61 Å². The van der Waals surface area contributed by atoms with Gasteiger partial charge in [0.25, 0.3) is 5.91 Å². The summed E-state index contributed by atoms with van der Waals surface area (Å²) in [5.74, 6) is -0.182. The highest BCUT2D eigenvalue weighted by Gasteiger charge is 2.25. The molecule has 1 fully saturated rings. The van der Waals surface area contributed by atoms with Crippen molar-refractivity contribution in [2.45, 2.75) is 26.5 Å². The Bertz CT molecular complexity index is 534. The van der Waals surface area contributed by atoms with Gasteiger partial charge in [0.1, 0.15) is 5.75 Å². The summed E-state index contributed by atoms with van der Waals surface area (Å²) in [4.78, 5) is 14.7. The van der Waals surface area contributed by atoms with Crippen LogP contribution in [-0.4, -0.2) is 56.3 Å². The molecule has 1 aliphatic heterocycles. The number of ether oxygens (including phenoxy) is 2. The first-order valence-electron chi connectivity index (χ1n) is 8.13. The number of carbonyl (C=O) groups excluding carboxylic acids is 1. The van der Waals surface area contributed by atoms with Gasteiger partial charge in [-0.25, -0.2) is 0 Å². The molecule has 5 nitrogen and oxygen atoms in total. The van der Waals surface area contributed by atoms with Gasteiger partial charge in [0.15, 0.2) is 0 Å². The van der Waals surface area contributed by atoms with E-state index in [9.17, 15) is 13.6 Å². The molecule has 1 atom stereocenters. The summed E-state index contributed by atoms with van der Waals surface area (Å²) in [6, 6.07) is 6.18. The standard InChI is InChI=1S/C17H24F2N2O3/c1-12(2)14(21-7-9-23-10-8-21)11-20-16(22)13-5-3-4-6-15(13)24-17(18)19/h3-6,12,14,17H,7-11H2,1-2H3,(H,20,22). The van der Waals surface area contributed by atoms with Gasteiger partial charge in [-0.05, 0) is 18.1 Å². The van der Waals surface area contributed by atoms with Gasteiger partial charge in [0.2, 0.25) is 0 Å². The topological polar surface area (TPSA) is 50.8 Å². The summed E-state index contributed by atoms with van der Waals surface area (Å²) in [5, 5.41) is 2.85. The van der Waals surface area contributed by atoms with Crippen LogP contribution in [-0.2, 0) is 4.74 Å². The van der Waals surface area contributed by atoms with E-state index >= 15 is 0 Å². The van der Waals surface area contributed by atoms with Crippen LogP contribution < -0.4 is 10.1 Å². The third-order valence-electron chi connectivity index (χ3n) is 4.10. The van der Waals surface area contributed by atoms with E-state index in [-0.39, 0.29) is 17.4 Å². The monoisotopic (exact) mass is 342 g/mol. The molecular weight excluding hydrogens is 318 g/mol. The number of benzene rings is 1. The van der Waals surface area contributed by atoms with Crippen molar-refractivity contribution in [1.29, 1.82) is 0 Å². The SMILES string of the molecule is CC(C)C(CNC(=O)c1ccccc1OC(F)F)N1CCOCC1. The van der Waals surface area contributed by atoms with Crippen LogP contribution in [0.4, 0.5) is 8.78 Å². The predicted molar refractivity (Wildman–Crippen MR) is 86.4 cm³/mol. The van der Waals surface area contributed by atoms with Crippen molar-refractivity contribution in [2.24, 2.45) is 5.92 Å². The van der Waals surface area contributed by atoms with E-state index in [1.54, 1.807) is 12.1 Å². The lowest BCUT2D eigenvalue weighted by molar-refractivity contribution is -0.0501. The molecule has 0 bridgehead atoms. The highest BCUT2D eigenvalue weighted by Crippen LogP contribution is 2.20. The summed E-state index contributed by atoms with van der Waals surface area (Å²) in [7, 11) is 0. The summed E-state index contributed by atoms with van der Waals surface area (Å²) >= 11 is 0. The summed E-state index contributed by atoms with van der Waals surface area (Å²) in [6.07, 6.45) is 0. The number of carbonyl (C=O) groups is 1.